The molecule has 0 aromatic heterocycles. The van der Waals surface area contributed by atoms with Crippen LogP contribution in [0.2, 0.25) is 0 Å². The summed E-state index contributed by atoms with van der Waals surface area (Å²) in [7, 11) is 0. The van der Waals surface area contributed by atoms with Crippen LogP contribution in [-0.4, -0.2) is 71.5 Å². The third-order valence-corrected chi connectivity index (χ3v) is 3.39. The van der Waals surface area contributed by atoms with E-state index in [-0.39, 0.29) is 13.2 Å². The molecule has 8 nitrogen and oxygen atoms in total. The smallest absolute Gasteiger partial charge is 0.407 e. The van der Waals surface area contributed by atoms with Crippen molar-refractivity contribution in [3.63, 3.8) is 0 Å². The Hall–Kier alpha value is -1.64. The molecule has 1 amide bonds. The van der Waals surface area contributed by atoms with E-state index < -0.39 is 12.1 Å². The van der Waals surface area contributed by atoms with Crippen LogP contribution in [0.4, 0.5) is 4.79 Å². The quantitative estimate of drug-likeness (QED) is 0.206. The van der Waals surface area contributed by atoms with Gasteiger partial charge in [-0.25, -0.2) is 9.59 Å². The van der Waals surface area contributed by atoms with Crippen LogP contribution in [0.15, 0.2) is 12.7 Å². The van der Waals surface area contributed by atoms with Crippen LogP contribution in [0.3, 0.4) is 0 Å². The first-order chi connectivity index (χ1) is 13.2. The van der Waals surface area contributed by atoms with Crippen molar-refractivity contribution in [1.29, 1.82) is 0 Å². The van der Waals surface area contributed by atoms with Crippen molar-refractivity contribution in [2.45, 2.75) is 39.0 Å². The first-order valence-electron chi connectivity index (χ1n) is 9.63. The number of hydrogen-bond donors (Lipinski definition) is 1. The van der Waals surface area contributed by atoms with Crippen molar-refractivity contribution >= 4 is 12.1 Å². The summed E-state index contributed by atoms with van der Waals surface area (Å²) >= 11 is 0. The molecule has 0 aliphatic carbocycles. The molecule has 0 saturated carbocycles. The van der Waals surface area contributed by atoms with E-state index in [1.54, 1.807) is 0 Å². The lowest BCUT2D eigenvalue weighted by atomic mass is 10.1. The molecule has 0 aromatic carbocycles. The molecule has 1 N–H and O–H groups in total. The average Bonchev–Trinajstić information content (AvgIpc) is 2.67. The number of hydrogen-bond acceptors (Lipinski definition) is 7. The number of rotatable bonds is 19. The molecule has 27 heavy (non-hydrogen) atoms. The predicted octanol–water partition coefficient (Wildman–Crippen LogP) is 2.46. The fourth-order valence-corrected chi connectivity index (χ4v) is 1.97. The highest BCUT2D eigenvalue weighted by atomic mass is 16.6. The van der Waals surface area contributed by atoms with Gasteiger partial charge in [0.05, 0.1) is 39.6 Å². The minimum atomic E-state index is -0.462. The molecule has 8 heteroatoms. The molecular formula is C19H35NO7. The third-order valence-electron chi connectivity index (χ3n) is 3.39. The maximum absolute atomic E-state index is 11.4. The van der Waals surface area contributed by atoms with Gasteiger partial charge in [-0.05, 0) is 6.42 Å². The van der Waals surface area contributed by atoms with E-state index in [1.807, 2.05) is 0 Å². The van der Waals surface area contributed by atoms with Crippen molar-refractivity contribution in [3.8, 4) is 0 Å². The molecule has 0 bridgehead atoms. The van der Waals surface area contributed by atoms with Crippen LogP contribution in [0.5, 0.6) is 0 Å². The Bertz CT molecular complexity index is 377. The summed E-state index contributed by atoms with van der Waals surface area (Å²) in [4.78, 5) is 22.2. The first-order valence-corrected chi connectivity index (χ1v) is 9.63. The lowest BCUT2D eigenvalue weighted by Crippen LogP contribution is -2.26. The van der Waals surface area contributed by atoms with Gasteiger partial charge in [0, 0.05) is 12.6 Å². The van der Waals surface area contributed by atoms with Gasteiger partial charge in [0.2, 0.25) is 0 Å². The Morgan fingerprint density at radius 3 is 1.85 bits per heavy atom. The Kier molecular flexibility index (Phi) is 19.4. The fourth-order valence-electron chi connectivity index (χ4n) is 1.97. The molecule has 0 fully saturated rings. The summed E-state index contributed by atoms with van der Waals surface area (Å²) in [6.07, 6.45) is 6.48. The molecule has 0 rings (SSSR count). The van der Waals surface area contributed by atoms with Crippen molar-refractivity contribution in [3.05, 3.63) is 12.7 Å². The van der Waals surface area contributed by atoms with Gasteiger partial charge in [-0.1, -0.05) is 39.2 Å². The number of carbonyl (C=O) groups excluding carboxylic acids is 2. The number of amides is 1. The number of carbonyl (C=O) groups is 2. The molecular weight excluding hydrogens is 354 g/mol. The Balaban J connectivity index is 3.16. The summed E-state index contributed by atoms with van der Waals surface area (Å²) in [5.74, 6) is -0.462. The molecule has 0 atom stereocenters. The van der Waals surface area contributed by atoms with E-state index in [1.165, 1.54) is 19.3 Å². The maximum Gasteiger partial charge on any atom is 0.407 e. The highest BCUT2D eigenvalue weighted by molar-refractivity contribution is 5.81. The highest BCUT2D eigenvalue weighted by Crippen LogP contribution is 2.01. The van der Waals surface area contributed by atoms with Gasteiger partial charge in [0.25, 0.3) is 0 Å². The second kappa shape index (κ2) is 20.7. The predicted molar refractivity (Wildman–Crippen MR) is 102 cm³/mol. The average molecular weight is 389 g/mol. The highest BCUT2D eigenvalue weighted by Gasteiger charge is 2.00. The summed E-state index contributed by atoms with van der Waals surface area (Å²) in [5.41, 5.74) is 0. The van der Waals surface area contributed by atoms with Crippen molar-refractivity contribution in [2.24, 2.45) is 0 Å². The second-order valence-corrected chi connectivity index (χ2v) is 5.69. The molecule has 0 heterocycles. The lowest BCUT2D eigenvalue weighted by Gasteiger charge is -2.08. The van der Waals surface area contributed by atoms with E-state index in [9.17, 15) is 9.59 Å². The summed E-state index contributed by atoms with van der Waals surface area (Å²) < 4.78 is 25.6. The summed E-state index contributed by atoms with van der Waals surface area (Å²) in [6, 6.07) is 0. The number of ether oxygens (including phenoxy) is 5. The van der Waals surface area contributed by atoms with Gasteiger partial charge in [0.1, 0.15) is 13.2 Å². The van der Waals surface area contributed by atoms with Gasteiger partial charge >= 0.3 is 12.1 Å². The molecule has 0 aromatic rings. The molecule has 0 aliphatic heterocycles. The third kappa shape index (κ3) is 20.5. The minimum absolute atomic E-state index is 0.195. The standard InChI is InChI=1S/C19H35NO7/c1-3-5-6-7-8-9-20-19(22)27-17-15-25-13-11-23-10-12-24-14-16-26-18(21)4-2/h4H,2-3,5-17H2,1H3,(H,20,22). The van der Waals surface area contributed by atoms with Crippen LogP contribution >= 0.6 is 0 Å². The topological polar surface area (TPSA) is 92.3 Å². The van der Waals surface area contributed by atoms with Gasteiger partial charge in [-0.15, -0.1) is 0 Å². The first kappa shape index (κ1) is 25.4. The number of nitrogens with one attached hydrogen (secondary N) is 1. The molecule has 0 spiro atoms. The molecule has 0 unspecified atom stereocenters. The van der Waals surface area contributed by atoms with Crippen LogP contribution in [0.1, 0.15) is 39.0 Å². The van der Waals surface area contributed by atoms with Gasteiger partial charge in [0.15, 0.2) is 0 Å². The summed E-state index contributed by atoms with van der Waals surface area (Å²) in [6.45, 7) is 8.86. The van der Waals surface area contributed by atoms with Crippen molar-refractivity contribution in [2.75, 3.05) is 59.4 Å². The summed E-state index contributed by atoms with van der Waals surface area (Å²) in [5, 5.41) is 2.72. The van der Waals surface area contributed by atoms with E-state index in [4.69, 9.17) is 23.7 Å². The van der Waals surface area contributed by atoms with Crippen LogP contribution in [-0.2, 0) is 28.5 Å². The van der Waals surface area contributed by atoms with Crippen molar-refractivity contribution < 1.29 is 33.3 Å². The zero-order valence-corrected chi connectivity index (χ0v) is 16.5. The minimum Gasteiger partial charge on any atom is -0.460 e. The number of unbranched alkanes of at least 4 members (excludes halogenated alkanes) is 4. The zero-order valence-electron chi connectivity index (χ0n) is 16.5. The normalized spacial score (nSPS) is 10.4. The molecule has 0 radical (unpaired) electrons. The van der Waals surface area contributed by atoms with Gasteiger partial charge in [-0.3, -0.25) is 0 Å². The maximum atomic E-state index is 11.4. The zero-order chi connectivity index (χ0) is 20.0. The molecule has 0 saturated heterocycles. The monoisotopic (exact) mass is 389 g/mol. The Morgan fingerprint density at radius 2 is 1.30 bits per heavy atom. The van der Waals surface area contributed by atoms with Crippen molar-refractivity contribution in [1.82, 2.24) is 5.32 Å². The SMILES string of the molecule is C=CC(=O)OCCOCCOCCOCCOC(=O)NCCCCCCC. The van der Waals surface area contributed by atoms with E-state index in [0.29, 0.717) is 46.2 Å². The van der Waals surface area contributed by atoms with Crippen LogP contribution in [0, 0.1) is 0 Å². The van der Waals surface area contributed by atoms with Crippen LogP contribution < -0.4 is 5.32 Å². The number of alkyl carbamates (subject to hydrolysis) is 1. The van der Waals surface area contributed by atoms with Gasteiger partial charge < -0.3 is 29.0 Å². The Morgan fingerprint density at radius 1 is 0.778 bits per heavy atom. The second-order valence-electron chi connectivity index (χ2n) is 5.69. The largest absolute Gasteiger partial charge is 0.460 e. The van der Waals surface area contributed by atoms with E-state index in [0.717, 1.165) is 18.9 Å². The van der Waals surface area contributed by atoms with E-state index >= 15 is 0 Å². The van der Waals surface area contributed by atoms with Gasteiger partial charge in [-0.2, -0.15) is 0 Å². The Labute approximate surface area is 162 Å². The lowest BCUT2D eigenvalue weighted by molar-refractivity contribution is -0.139. The molecule has 158 valence electrons. The van der Waals surface area contributed by atoms with Crippen LogP contribution in [0.25, 0.3) is 0 Å². The molecule has 0 aliphatic rings. The number of esters is 1. The fraction of sp³-hybridized carbons (Fsp3) is 0.789. The van der Waals surface area contributed by atoms with E-state index in [2.05, 4.69) is 18.8 Å².